The Hall–Kier alpha value is -0.860. The van der Waals surface area contributed by atoms with Gasteiger partial charge in [-0.05, 0) is 43.6 Å². The first-order valence-corrected chi connectivity index (χ1v) is 8.14. The van der Waals surface area contributed by atoms with Gasteiger partial charge in [0.25, 0.3) is 0 Å². The smallest absolute Gasteiger partial charge is 0.0746 e. The summed E-state index contributed by atoms with van der Waals surface area (Å²) in [5, 5.41) is 13.9. The van der Waals surface area contributed by atoms with Gasteiger partial charge in [0.2, 0.25) is 0 Å². The van der Waals surface area contributed by atoms with Crippen molar-refractivity contribution in [2.75, 3.05) is 6.54 Å². The topological polar surface area (TPSA) is 32.3 Å². The molecule has 0 heterocycles. The monoisotopic (exact) mass is 291 g/mol. The molecule has 1 rings (SSSR count). The lowest BCUT2D eigenvalue weighted by Crippen LogP contribution is -2.44. The maximum absolute atomic E-state index is 10.4. The Labute approximate surface area is 131 Å². The van der Waals surface area contributed by atoms with Crippen LogP contribution in [0.15, 0.2) is 30.3 Å². The Balaban J connectivity index is 2.52. The molecule has 0 radical (unpaired) electrons. The van der Waals surface area contributed by atoms with Crippen molar-refractivity contribution in [3.05, 3.63) is 35.9 Å². The summed E-state index contributed by atoms with van der Waals surface area (Å²) < 4.78 is 0. The van der Waals surface area contributed by atoms with Crippen LogP contribution in [0.4, 0.5) is 0 Å². The summed E-state index contributed by atoms with van der Waals surface area (Å²) in [7, 11) is 0. The quantitative estimate of drug-likeness (QED) is 0.755. The number of nitrogens with one attached hydrogen (secondary N) is 1. The predicted molar refractivity (Wildman–Crippen MR) is 91.6 cm³/mol. The molecule has 1 aromatic rings. The van der Waals surface area contributed by atoms with E-state index >= 15 is 0 Å². The van der Waals surface area contributed by atoms with E-state index in [9.17, 15) is 5.11 Å². The van der Waals surface area contributed by atoms with Gasteiger partial charge in [-0.15, -0.1) is 0 Å². The van der Waals surface area contributed by atoms with Crippen molar-refractivity contribution in [3.8, 4) is 0 Å². The first-order chi connectivity index (χ1) is 9.62. The van der Waals surface area contributed by atoms with Crippen molar-refractivity contribution in [1.29, 1.82) is 0 Å². The highest BCUT2D eigenvalue weighted by Crippen LogP contribution is 2.28. The van der Waals surface area contributed by atoms with Gasteiger partial charge in [-0.25, -0.2) is 0 Å². The van der Waals surface area contributed by atoms with Crippen LogP contribution in [-0.2, 0) is 5.41 Å². The summed E-state index contributed by atoms with van der Waals surface area (Å²) in [6.07, 6.45) is 1.88. The third kappa shape index (κ3) is 6.62. The van der Waals surface area contributed by atoms with Crippen molar-refractivity contribution in [3.63, 3.8) is 0 Å². The van der Waals surface area contributed by atoms with E-state index in [1.807, 2.05) is 6.92 Å². The van der Waals surface area contributed by atoms with Crippen molar-refractivity contribution in [2.45, 2.75) is 71.4 Å². The highest BCUT2D eigenvalue weighted by molar-refractivity contribution is 5.23. The van der Waals surface area contributed by atoms with E-state index in [4.69, 9.17) is 0 Å². The summed E-state index contributed by atoms with van der Waals surface area (Å²) in [5.41, 5.74) is 0.879. The maximum atomic E-state index is 10.4. The predicted octanol–water partition coefficient (Wildman–Crippen LogP) is 4.13. The molecule has 0 amide bonds. The van der Waals surface area contributed by atoms with Crippen LogP contribution in [0.5, 0.6) is 0 Å². The van der Waals surface area contributed by atoms with Gasteiger partial charge in [-0.3, -0.25) is 0 Å². The highest BCUT2D eigenvalue weighted by atomic mass is 16.3. The Kier molecular flexibility index (Phi) is 6.42. The van der Waals surface area contributed by atoms with E-state index in [1.54, 1.807) is 0 Å². The number of benzene rings is 1. The van der Waals surface area contributed by atoms with Gasteiger partial charge in [0, 0.05) is 12.6 Å². The zero-order valence-corrected chi connectivity index (χ0v) is 14.6. The maximum Gasteiger partial charge on any atom is 0.0746 e. The molecule has 0 aliphatic rings. The molecule has 0 fully saturated rings. The molecule has 0 saturated carbocycles. The van der Waals surface area contributed by atoms with Crippen molar-refractivity contribution in [2.24, 2.45) is 5.92 Å². The van der Waals surface area contributed by atoms with Crippen molar-refractivity contribution in [1.82, 2.24) is 5.32 Å². The van der Waals surface area contributed by atoms with Gasteiger partial charge in [-0.2, -0.15) is 0 Å². The fourth-order valence-electron chi connectivity index (χ4n) is 3.19. The Morgan fingerprint density at radius 3 is 2.10 bits per heavy atom. The van der Waals surface area contributed by atoms with E-state index < -0.39 is 5.60 Å². The van der Waals surface area contributed by atoms with Crippen molar-refractivity contribution >= 4 is 0 Å². The van der Waals surface area contributed by atoms with Crippen LogP contribution in [0.3, 0.4) is 0 Å². The van der Waals surface area contributed by atoms with Crippen LogP contribution < -0.4 is 5.32 Å². The number of aliphatic hydroxyl groups is 1. The van der Waals surface area contributed by atoms with Gasteiger partial charge in [-0.1, -0.05) is 58.0 Å². The molecule has 2 N–H and O–H groups in total. The molecule has 2 unspecified atom stereocenters. The Bertz CT molecular complexity index is 409. The van der Waals surface area contributed by atoms with Crippen LogP contribution in [0.1, 0.15) is 59.9 Å². The summed E-state index contributed by atoms with van der Waals surface area (Å²) in [6.45, 7) is 13.6. The SMILES string of the molecule is CC(C)CC(C)(O)CNC(C)CC(C)(C)c1ccccc1. The molecule has 21 heavy (non-hydrogen) atoms. The first kappa shape index (κ1) is 18.2. The largest absolute Gasteiger partial charge is 0.389 e. The van der Waals surface area contributed by atoms with Gasteiger partial charge in [0.1, 0.15) is 0 Å². The molecule has 0 aliphatic heterocycles. The molecule has 120 valence electrons. The lowest BCUT2D eigenvalue weighted by atomic mass is 9.79. The summed E-state index contributed by atoms with van der Waals surface area (Å²) in [6, 6.07) is 11.0. The standard InChI is InChI=1S/C19H33NO/c1-15(2)12-19(6,21)14-20-16(3)13-18(4,5)17-10-8-7-9-11-17/h7-11,15-16,20-21H,12-14H2,1-6H3. The van der Waals surface area contributed by atoms with Crippen LogP contribution in [0.2, 0.25) is 0 Å². The van der Waals surface area contributed by atoms with E-state index in [-0.39, 0.29) is 5.41 Å². The molecular formula is C19H33NO. The van der Waals surface area contributed by atoms with Crippen molar-refractivity contribution < 1.29 is 5.11 Å². The average molecular weight is 291 g/mol. The zero-order chi connectivity index (χ0) is 16.1. The summed E-state index contributed by atoms with van der Waals surface area (Å²) >= 11 is 0. The fraction of sp³-hybridized carbons (Fsp3) is 0.684. The minimum Gasteiger partial charge on any atom is -0.389 e. The molecule has 2 atom stereocenters. The van der Waals surface area contributed by atoms with Gasteiger partial charge in [0.15, 0.2) is 0 Å². The van der Waals surface area contributed by atoms with Gasteiger partial charge >= 0.3 is 0 Å². The second-order valence-corrected chi connectivity index (χ2v) is 7.83. The normalized spacial score (nSPS) is 16.8. The van der Waals surface area contributed by atoms with E-state index in [0.717, 1.165) is 12.8 Å². The molecular weight excluding hydrogens is 258 g/mol. The van der Waals surface area contributed by atoms with Crippen LogP contribution in [-0.4, -0.2) is 23.3 Å². The van der Waals surface area contributed by atoms with Crippen LogP contribution in [0, 0.1) is 5.92 Å². The second kappa shape index (κ2) is 7.42. The molecule has 0 aromatic heterocycles. The number of hydrogen-bond donors (Lipinski definition) is 2. The Morgan fingerprint density at radius 2 is 1.57 bits per heavy atom. The Morgan fingerprint density at radius 1 is 1.00 bits per heavy atom. The minimum atomic E-state index is -0.626. The molecule has 2 nitrogen and oxygen atoms in total. The molecule has 0 saturated heterocycles. The van der Waals surface area contributed by atoms with E-state index in [0.29, 0.717) is 18.5 Å². The molecule has 0 spiro atoms. The molecule has 0 bridgehead atoms. The lowest BCUT2D eigenvalue weighted by molar-refractivity contribution is 0.0355. The van der Waals surface area contributed by atoms with E-state index in [2.05, 4.69) is 70.3 Å². The number of hydrogen-bond acceptors (Lipinski definition) is 2. The molecule has 2 heteroatoms. The van der Waals surface area contributed by atoms with Gasteiger partial charge in [0.05, 0.1) is 5.60 Å². The summed E-state index contributed by atoms with van der Waals surface area (Å²) in [4.78, 5) is 0. The lowest BCUT2D eigenvalue weighted by Gasteiger charge is -2.32. The van der Waals surface area contributed by atoms with Gasteiger partial charge < -0.3 is 10.4 Å². The molecule has 1 aromatic carbocycles. The minimum absolute atomic E-state index is 0.136. The van der Waals surface area contributed by atoms with E-state index in [1.165, 1.54) is 5.56 Å². The fourth-order valence-corrected chi connectivity index (χ4v) is 3.19. The highest BCUT2D eigenvalue weighted by Gasteiger charge is 2.26. The third-order valence-electron chi connectivity index (χ3n) is 4.05. The first-order valence-electron chi connectivity index (χ1n) is 8.14. The third-order valence-corrected chi connectivity index (χ3v) is 4.05. The summed E-state index contributed by atoms with van der Waals surface area (Å²) in [5.74, 6) is 0.512. The average Bonchev–Trinajstić information content (AvgIpc) is 2.36. The second-order valence-electron chi connectivity index (χ2n) is 7.83. The van der Waals surface area contributed by atoms with Crippen LogP contribution >= 0.6 is 0 Å². The molecule has 0 aliphatic carbocycles. The van der Waals surface area contributed by atoms with Crippen LogP contribution in [0.25, 0.3) is 0 Å². The zero-order valence-electron chi connectivity index (χ0n) is 14.6. The number of rotatable bonds is 8.